The van der Waals surface area contributed by atoms with Crippen molar-refractivity contribution >= 4 is 9.84 Å². The number of hydrogen-bond donors (Lipinski definition) is 1. The summed E-state index contributed by atoms with van der Waals surface area (Å²) in [6.45, 7) is 0.514. The zero-order valence-corrected chi connectivity index (χ0v) is 11.2. The normalized spacial score (nSPS) is 23.7. The van der Waals surface area contributed by atoms with Crippen molar-refractivity contribution in [3.8, 4) is 0 Å². The van der Waals surface area contributed by atoms with Crippen LogP contribution in [0.25, 0.3) is 0 Å². The minimum absolute atomic E-state index is 0.185. The fourth-order valence-electron chi connectivity index (χ4n) is 2.24. The van der Waals surface area contributed by atoms with Gasteiger partial charge in [0.05, 0.1) is 5.75 Å². The molecule has 0 radical (unpaired) electrons. The smallest absolute Gasteiger partial charge is 0.148 e. The van der Waals surface area contributed by atoms with E-state index in [9.17, 15) is 12.8 Å². The SMILES string of the molecule is CS(=O)(=O)CCNC1CC(c2ccc(F)cc2)C1. The molecule has 0 aromatic heterocycles. The Bertz CT molecular complexity index is 492. The van der Waals surface area contributed by atoms with Crippen LogP contribution in [0.4, 0.5) is 4.39 Å². The summed E-state index contributed by atoms with van der Waals surface area (Å²) in [6, 6.07) is 7.01. The van der Waals surface area contributed by atoms with E-state index >= 15 is 0 Å². The van der Waals surface area contributed by atoms with Crippen LogP contribution in [0.15, 0.2) is 24.3 Å². The molecular weight excluding hydrogens is 253 g/mol. The third-order valence-corrected chi connectivity index (χ3v) is 4.33. The number of halogens is 1. The molecule has 1 aromatic rings. The highest BCUT2D eigenvalue weighted by Crippen LogP contribution is 2.36. The first kappa shape index (κ1) is 13.5. The summed E-state index contributed by atoms with van der Waals surface area (Å²) < 4.78 is 34.7. The molecule has 0 unspecified atom stereocenters. The minimum atomic E-state index is -2.88. The van der Waals surface area contributed by atoms with Crippen LogP contribution in [0.2, 0.25) is 0 Å². The van der Waals surface area contributed by atoms with Gasteiger partial charge in [0, 0.05) is 18.8 Å². The number of rotatable bonds is 5. The number of hydrogen-bond acceptors (Lipinski definition) is 3. The molecule has 0 spiro atoms. The maximum atomic E-state index is 12.8. The molecule has 1 saturated carbocycles. The molecule has 18 heavy (non-hydrogen) atoms. The standard InChI is InChI=1S/C13H18FNO2S/c1-18(16,17)7-6-15-13-8-11(9-13)10-2-4-12(14)5-3-10/h2-5,11,13,15H,6-9H2,1H3. The Labute approximate surface area is 107 Å². The Kier molecular flexibility index (Phi) is 4.02. The zero-order valence-electron chi connectivity index (χ0n) is 10.4. The lowest BCUT2D eigenvalue weighted by Crippen LogP contribution is -2.41. The predicted molar refractivity (Wildman–Crippen MR) is 69.9 cm³/mol. The quantitative estimate of drug-likeness (QED) is 0.886. The van der Waals surface area contributed by atoms with Crippen LogP contribution >= 0.6 is 0 Å². The van der Waals surface area contributed by atoms with Gasteiger partial charge in [0.1, 0.15) is 15.7 Å². The van der Waals surface area contributed by atoms with Gasteiger partial charge in [-0.1, -0.05) is 12.1 Å². The molecule has 0 aliphatic heterocycles. The molecule has 0 atom stereocenters. The van der Waals surface area contributed by atoms with Gasteiger partial charge in [0.15, 0.2) is 0 Å². The van der Waals surface area contributed by atoms with Crippen molar-refractivity contribution in [3.05, 3.63) is 35.6 Å². The summed E-state index contributed by atoms with van der Waals surface area (Å²) in [7, 11) is -2.88. The van der Waals surface area contributed by atoms with Crippen molar-refractivity contribution in [3.63, 3.8) is 0 Å². The van der Waals surface area contributed by atoms with Gasteiger partial charge >= 0.3 is 0 Å². The van der Waals surface area contributed by atoms with Crippen LogP contribution in [-0.4, -0.2) is 33.0 Å². The largest absolute Gasteiger partial charge is 0.313 e. The van der Waals surface area contributed by atoms with E-state index in [0.29, 0.717) is 18.5 Å². The van der Waals surface area contributed by atoms with Crippen molar-refractivity contribution in [1.29, 1.82) is 0 Å². The van der Waals surface area contributed by atoms with Crippen LogP contribution in [0.5, 0.6) is 0 Å². The molecular formula is C13H18FNO2S. The first-order chi connectivity index (χ1) is 8.44. The summed E-state index contributed by atoms with van der Waals surface area (Å²) in [4.78, 5) is 0. The Balaban J connectivity index is 1.72. The lowest BCUT2D eigenvalue weighted by Gasteiger charge is -2.36. The molecule has 1 aliphatic rings. The summed E-state index contributed by atoms with van der Waals surface area (Å²) in [5, 5.41) is 3.23. The second-order valence-electron chi connectivity index (χ2n) is 5.00. The monoisotopic (exact) mass is 271 g/mol. The van der Waals surface area contributed by atoms with Gasteiger partial charge in [-0.2, -0.15) is 0 Å². The summed E-state index contributed by atoms with van der Waals surface area (Å²) in [5.74, 6) is 0.451. The summed E-state index contributed by atoms with van der Waals surface area (Å²) in [5.41, 5.74) is 1.16. The van der Waals surface area contributed by atoms with E-state index in [4.69, 9.17) is 0 Å². The van der Waals surface area contributed by atoms with Crippen molar-refractivity contribution < 1.29 is 12.8 Å². The minimum Gasteiger partial charge on any atom is -0.313 e. The predicted octanol–water partition coefficient (Wildman–Crippen LogP) is 1.71. The average Bonchev–Trinajstić information content (AvgIpc) is 2.22. The number of benzene rings is 1. The van der Waals surface area contributed by atoms with E-state index in [1.807, 2.05) is 12.1 Å². The Morgan fingerprint density at radius 2 is 1.89 bits per heavy atom. The maximum absolute atomic E-state index is 12.8. The van der Waals surface area contributed by atoms with E-state index < -0.39 is 9.84 Å². The van der Waals surface area contributed by atoms with Crippen LogP contribution in [0.3, 0.4) is 0 Å². The van der Waals surface area contributed by atoms with Gasteiger partial charge in [-0.3, -0.25) is 0 Å². The molecule has 2 rings (SSSR count). The fraction of sp³-hybridized carbons (Fsp3) is 0.538. The zero-order chi connectivity index (χ0) is 13.2. The highest BCUT2D eigenvalue weighted by atomic mass is 32.2. The summed E-state index contributed by atoms with van der Waals surface area (Å²) >= 11 is 0. The third-order valence-electron chi connectivity index (χ3n) is 3.39. The molecule has 5 heteroatoms. The van der Waals surface area contributed by atoms with E-state index in [1.54, 1.807) is 0 Å². The molecule has 3 nitrogen and oxygen atoms in total. The topological polar surface area (TPSA) is 46.2 Å². The van der Waals surface area contributed by atoms with Crippen molar-refractivity contribution in [2.75, 3.05) is 18.6 Å². The van der Waals surface area contributed by atoms with Gasteiger partial charge in [-0.25, -0.2) is 12.8 Å². The van der Waals surface area contributed by atoms with Crippen LogP contribution < -0.4 is 5.32 Å². The van der Waals surface area contributed by atoms with Gasteiger partial charge in [-0.15, -0.1) is 0 Å². The molecule has 0 amide bonds. The van der Waals surface area contributed by atoms with Crippen molar-refractivity contribution in [2.24, 2.45) is 0 Å². The molecule has 1 fully saturated rings. The fourth-order valence-corrected chi connectivity index (χ4v) is 2.73. The number of nitrogens with one attached hydrogen (secondary N) is 1. The lowest BCUT2D eigenvalue weighted by molar-refractivity contribution is 0.296. The second kappa shape index (κ2) is 5.36. The molecule has 0 saturated heterocycles. The van der Waals surface area contributed by atoms with Crippen molar-refractivity contribution in [1.82, 2.24) is 5.32 Å². The first-order valence-electron chi connectivity index (χ1n) is 6.10. The lowest BCUT2D eigenvalue weighted by atomic mass is 9.76. The molecule has 1 aromatic carbocycles. The highest BCUT2D eigenvalue weighted by molar-refractivity contribution is 7.90. The van der Waals surface area contributed by atoms with Crippen LogP contribution in [0.1, 0.15) is 24.3 Å². The molecule has 100 valence electrons. The van der Waals surface area contributed by atoms with Crippen LogP contribution in [0, 0.1) is 5.82 Å². The molecule has 0 heterocycles. The molecule has 1 aliphatic carbocycles. The first-order valence-corrected chi connectivity index (χ1v) is 8.17. The second-order valence-corrected chi connectivity index (χ2v) is 7.26. The Morgan fingerprint density at radius 3 is 2.44 bits per heavy atom. The van der Waals surface area contributed by atoms with Gasteiger partial charge in [0.2, 0.25) is 0 Å². The summed E-state index contributed by atoms with van der Waals surface area (Å²) in [6.07, 6.45) is 3.24. The maximum Gasteiger partial charge on any atom is 0.148 e. The highest BCUT2D eigenvalue weighted by Gasteiger charge is 2.29. The van der Waals surface area contributed by atoms with Gasteiger partial charge in [0.25, 0.3) is 0 Å². The van der Waals surface area contributed by atoms with E-state index in [0.717, 1.165) is 18.4 Å². The number of sulfone groups is 1. The Hall–Kier alpha value is -0.940. The third kappa shape index (κ3) is 3.78. The molecule has 0 bridgehead atoms. The molecule has 1 N–H and O–H groups in total. The Morgan fingerprint density at radius 1 is 1.28 bits per heavy atom. The van der Waals surface area contributed by atoms with E-state index in [2.05, 4.69) is 5.32 Å². The van der Waals surface area contributed by atoms with Crippen molar-refractivity contribution in [2.45, 2.75) is 24.8 Å². The average molecular weight is 271 g/mol. The van der Waals surface area contributed by atoms with E-state index in [-0.39, 0.29) is 11.6 Å². The van der Waals surface area contributed by atoms with Gasteiger partial charge < -0.3 is 5.32 Å². The van der Waals surface area contributed by atoms with Crippen LogP contribution in [-0.2, 0) is 9.84 Å². The van der Waals surface area contributed by atoms with Gasteiger partial charge in [-0.05, 0) is 36.5 Å². The van der Waals surface area contributed by atoms with E-state index in [1.165, 1.54) is 18.4 Å².